The summed E-state index contributed by atoms with van der Waals surface area (Å²) in [5.74, 6) is 0.951. The van der Waals surface area contributed by atoms with Gasteiger partial charge in [0.15, 0.2) is 5.65 Å². The average Bonchev–Trinajstić information content (AvgIpc) is 3.39. The summed E-state index contributed by atoms with van der Waals surface area (Å²) in [6.07, 6.45) is 9.72. The molecule has 2 aromatic heterocycles. The minimum Gasteiger partial charge on any atom is -0.437 e. The zero-order valence-electron chi connectivity index (χ0n) is 21.2. The van der Waals surface area contributed by atoms with Gasteiger partial charge in [-0.25, -0.2) is 9.97 Å². The van der Waals surface area contributed by atoms with Gasteiger partial charge in [-0.1, -0.05) is 39.8 Å². The van der Waals surface area contributed by atoms with E-state index >= 15 is 0 Å². The second kappa shape index (κ2) is 10.7. The number of hydrogen-bond acceptors (Lipinski definition) is 5. The Bertz CT molecular complexity index is 1170. The standard InChI is InChI=1S/C19H20N4O2.C8H17N/c1-11(2)22-19(24)15-9-20-18-17(15)23-16(10-21-18)25-14-7-6-12-4-3-5-13(12)8-14;1-5-6-7(9)8(2,3)4/h6-11H,3-5H2,1-2H3,(H,20,21)(H,22,24);6H,5,9H2,1-4H3. The number of benzene rings is 1. The first-order chi connectivity index (χ1) is 16.1. The molecule has 34 heavy (non-hydrogen) atoms. The zero-order chi connectivity index (χ0) is 24.9. The Labute approximate surface area is 202 Å². The van der Waals surface area contributed by atoms with Crippen molar-refractivity contribution in [2.24, 2.45) is 11.1 Å². The molecular weight excluding hydrogens is 426 g/mol. The number of nitrogens with two attached hydrogens (primary N) is 1. The lowest BCUT2D eigenvalue weighted by molar-refractivity contribution is 0.0944. The number of fused-ring (bicyclic) bond motifs is 2. The van der Waals surface area contributed by atoms with E-state index in [1.807, 2.05) is 19.9 Å². The lowest BCUT2D eigenvalue weighted by atomic mass is 9.92. The molecule has 3 aromatic rings. The molecule has 0 fully saturated rings. The maximum atomic E-state index is 12.3. The number of carbonyl (C=O) groups is 1. The molecule has 1 aromatic carbocycles. The summed E-state index contributed by atoms with van der Waals surface area (Å²) in [5.41, 5.74) is 11.1. The van der Waals surface area contributed by atoms with Crippen LogP contribution >= 0.6 is 0 Å². The number of hydrogen-bond donors (Lipinski definition) is 3. The Hall–Kier alpha value is -3.35. The summed E-state index contributed by atoms with van der Waals surface area (Å²) in [4.78, 5) is 24.0. The van der Waals surface area contributed by atoms with E-state index in [1.54, 1.807) is 12.4 Å². The van der Waals surface area contributed by atoms with E-state index in [1.165, 1.54) is 17.5 Å². The molecule has 0 aliphatic heterocycles. The van der Waals surface area contributed by atoms with Crippen LogP contribution in [-0.2, 0) is 12.8 Å². The number of amides is 1. The highest BCUT2D eigenvalue weighted by Gasteiger charge is 2.17. The topological polar surface area (TPSA) is 106 Å². The number of rotatable bonds is 5. The molecule has 4 N–H and O–H groups in total. The summed E-state index contributed by atoms with van der Waals surface area (Å²) in [6.45, 7) is 12.3. The van der Waals surface area contributed by atoms with Crippen molar-refractivity contribution in [3.63, 3.8) is 0 Å². The number of nitrogens with one attached hydrogen (secondary N) is 2. The van der Waals surface area contributed by atoms with Crippen LogP contribution in [-0.4, -0.2) is 26.9 Å². The van der Waals surface area contributed by atoms with Gasteiger partial charge in [-0.3, -0.25) is 4.79 Å². The molecule has 7 heteroatoms. The van der Waals surface area contributed by atoms with Crippen LogP contribution in [0.2, 0.25) is 0 Å². The fraction of sp³-hybridized carbons (Fsp3) is 0.444. The second-order valence-electron chi connectivity index (χ2n) is 9.94. The van der Waals surface area contributed by atoms with E-state index in [4.69, 9.17) is 10.5 Å². The highest BCUT2D eigenvalue weighted by atomic mass is 16.5. The summed E-state index contributed by atoms with van der Waals surface area (Å²) in [6, 6.07) is 6.19. The number of H-pyrrole nitrogens is 1. The van der Waals surface area contributed by atoms with Crippen LogP contribution in [0, 0.1) is 5.41 Å². The maximum absolute atomic E-state index is 12.3. The first kappa shape index (κ1) is 25.3. The van der Waals surface area contributed by atoms with Crippen molar-refractivity contribution in [1.29, 1.82) is 0 Å². The summed E-state index contributed by atoms with van der Waals surface area (Å²) >= 11 is 0. The van der Waals surface area contributed by atoms with Gasteiger partial charge in [-0.15, -0.1) is 0 Å². The van der Waals surface area contributed by atoms with Crippen molar-refractivity contribution >= 4 is 17.1 Å². The largest absolute Gasteiger partial charge is 0.437 e. The molecule has 2 heterocycles. The summed E-state index contributed by atoms with van der Waals surface area (Å²) < 4.78 is 5.88. The van der Waals surface area contributed by atoms with E-state index in [0.717, 1.165) is 30.7 Å². The molecule has 182 valence electrons. The molecule has 0 bridgehead atoms. The van der Waals surface area contributed by atoms with E-state index in [-0.39, 0.29) is 17.4 Å². The normalized spacial score (nSPS) is 13.4. The molecule has 0 spiro atoms. The molecule has 1 amide bonds. The smallest absolute Gasteiger partial charge is 0.255 e. The van der Waals surface area contributed by atoms with Gasteiger partial charge >= 0.3 is 0 Å². The van der Waals surface area contributed by atoms with Crippen molar-refractivity contribution in [1.82, 2.24) is 20.3 Å². The van der Waals surface area contributed by atoms with Crippen molar-refractivity contribution < 1.29 is 9.53 Å². The molecule has 0 saturated carbocycles. The van der Waals surface area contributed by atoms with Gasteiger partial charge in [0.1, 0.15) is 11.3 Å². The van der Waals surface area contributed by atoms with Crippen LogP contribution in [0.1, 0.15) is 75.9 Å². The Morgan fingerprint density at radius 2 is 2.00 bits per heavy atom. The third kappa shape index (κ3) is 6.37. The maximum Gasteiger partial charge on any atom is 0.255 e. The number of aromatic nitrogens is 3. The van der Waals surface area contributed by atoms with Gasteiger partial charge < -0.3 is 20.8 Å². The van der Waals surface area contributed by atoms with E-state index in [2.05, 4.69) is 66.2 Å². The van der Waals surface area contributed by atoms with Gasteiger partial charge in [0, 0.05) is 23.4 Å². The van der Waals surface area contributed by atoms with Crippen molar-refractivity contribution in [2.45, 2.75) is 73.3 Å². The highest BCUT2D eigenvalue weighted by Crippen LogP contribution is 2.29. The minimum absolute atomic E-state index is 0.0521. The molecule has 7 nitrogen and oxygen atoms in total. The van der Waals surface area contributed by atoms with Crippen LogP contribution in [0.3, 0.4) is 0 Å². The van der Waals surface area contributed by atoms with E-state index in [0.29, 0.717) is 22.6 Å². The van der Waals surface area contributed by atoms with Crippen molar-refractivity contribution in [3.05, 3.63) is 59.1 Å². The van der Waals surface area contributed by atoms with Gasteiger partial charge in [-0.2, -0.15) is 0 Å². The number of carbonyl (C=O) groups excluding carboxylic acids is 1. The van der Waals surface area contributed by atoms with Crippen molar-refractivity contribution in [3.8, 4) is 11.6 Å². The van der Waals surface area contributed by atoms with Gasteiger partial charge in [0.2, 0.25) is 5.88 Å². The van der Waals surface area contributed by atoms with Gasteiger partial charge in [0.05, 0.1) is 11.8 Å². The fourth-order valence-corrected chi connectivity index (χ4v) is 3.70. The monoisotopic (exact) mass is 463 g/mol. The molecule has 4 rings (SSSR count). The third-order valence-electron chi connectivity index (χ3n) is 5.61. The molecular formula is C27H37N5O2. The molecule has 1 aliphatic carbocycles. The van der Waals surface area contributed by atoms with Crippen LogP contribution in [0.4, 0.5) is 0 Å². The van der Waals surface area contributed by atoms with Crippen molar-refractivity contribution in [2.75, 3.05) is 0 Å². The van der Waals surface area contributed by atoms with Crippen LogP contribution in [0.5, 0.6) is 11.6 Å². The number of ether oxygens (including phenoxy) is 1. The highest BCUT2D eigenvalue weighted by molar-refractivity contribution is 6.04. The lowest BCUT2D eigenvalue weighted by Gasteiger charge is -2.18. The number of aryl methyl sites for hydroxylation is 2. The number of aromatic amines is 1. The zero-order valence-corrected chi connectivity index (χ0v) is 21.2. The van der Waals surface area contributed by atoms with Crippen LogP contribution in [0.15, 0.2) is 42.4 Å². The molecule has 1 aliphatic rings. The van der Waals surface area contributed by atoms with Crippen LogP contribution in [0.25, 0.3) is 11.2 Å². The van der Waals surface area contributed by atoms with E-state index < -0.39 is 0 Å². The Morgan fingerprint density at radius 1 is 1.26 bits per heavy atom. The lowest BCUT2D eigenvalue weighted by Crippen LogP contribution is -2.29. The summed E-state index contributed by atoms with van der Waals surface area (Å²) in [7, 11) is 0. The molecule has 0 radical (unpaired) electrons. The third-order valence-corrected chi connectivity index (χ3v) is 5.61. The van der Waals surface area contributed by atoms with Gasteiger partial charge in [0.25, 0.3) is 5.91 Å². The summed E-state index contributed by atoms with van der Waals surface area (Å²) in [5, 5.41) is 2.87. The Morgan fingerprint density at radius 3 is 2.65 bits per heavy atom. The SMILES string of the molecule is CC(C)NC(=O)c1c[nH]c2ncc(Oc3ccc4c(c3)CCC4)nc12.CCC=C(N)C(C)(C)C. The predicted molar refractivity (Wildman–Crippen MR) is 137 cm³/mol. The second-order valence-corrected chi connectivity index (χ2v) is 9.94. The quantitative estimate of drug-likeness (QED) is 0.452. The Balaban J connectivity index is 0.000000309. The number of nitrogens with zero attached hydrogens (tertiary/aromatic N) is 2. The first-order valence-electron chi connectivity index (χ1n) is 12.0. The predicted octanol–water partition coefficient (Wildman–Crippen LogP) is 5.66. The molecule has 0 unspecified atom stereocenters. The molecule has 0 atom stereocenters. The number of allylic oxidation sites excluding steroid dienone is 2. The molecule has 0 saturated heterocycles. The minimum atomic E-state index is -0.176. The van der Waals surface area contributed by atoms with Crippen LogP contribution < -0.4 is 15.8 Å². The van der Waals surface area contributed by atoms with Gasteiger partial charge in [-0.05, 0) is 62.8 Å². The Kier molecular flexibility index (Phi) is 7.97. The fourth-order valence-electron chi connectivity index (χ4n) is 3.70. The average molecular weight is 464 g/mol. The van der Waals surface area contributed by atoms with E-state index in [9.17, 15) is 4.79 Å². The first-order valence-corrected chi connectivity index (χ1v) is 12.0.